The summed E-state index contributed by atoms with van der Waals surface area (Å²) < 4.78 is 55.7. The zero-order valence-electron chi connectivity index (χ0n) is 19.1. The summed E-state index contributed by atoms with van der Waals surface area (Å²) in [6.07, 6.45) is -3.38. The summed E-state index contributed by atoms with van der Waals surface area (Å²) in [5.41, 5.74) is -2.47. The maximum Gasteiger partial charge on any atom is 0.417 e. The van der Waals surface area contributed by atoms with Crippen molar-refractivity contribution in [1.82, 2.24) is 0 Å². The van der Waals surface area contributed by atoms with Gasteiger partial charge < -0.3 is 19.0 Å². The van der Waals surface area contributed by atoms with Gasteiger partial charge in [-0.05, 0) is 43.5 Å². The van der Waals surface area contributed by atoms with E-state index in [1.165, 1.54) is 0 Å². The lowest BCUT2D eigenvalue weighted by atomic mass is 9.81. The van der Waals surface area contributed by atoms with E-state index in [9.17, 15) is 27.9 Å². The van der Waals surface area contributed by atoms with Crippen molar-refractivity contribution < 1.29 is 37.0 Å². The quantitative estimate of drug-likeness (QED) is 0.251. The minimum atomic E-state index is -4.73. The lowest BCUT2D eigenvalue weighted by Gasteiger charge is -2.23. The third-order valence-corrected chi connectivity index (χ3v) is 6.03. The predicted octanol–water partition coefficient (Wildman–Crippen LogP) is 6.36. The van der Waals surface area contributed by atoms with Gasteiger partial charge in [-0.15, -0.1) is 0 Å². The van der Waals surface area contributed by atoms with E-state index in [2.05, 4.69) is 0 Å². The molecule has 188 valence electrons. The number of aliphatic carboxylic acids is 1. The molecular formula is C25H24ClF3O6. The maximum absolute atomic E-state index is 13.2. The molecule has 0 amide bonds. The Balaban J connectivity index is 1.56. The molecule has 0 saturated carbocycles. The zero-order chi connectivity index (χ0) is 25.8. The van der Waals surface area contributed by atoms with Crippen LogP contribution in [0.4, 0.5) is 13.2 Å². The minimum absolute atomic E-state index is 0.0474. The number of halogens is 4. The first-order valence-corrected chi connectivity index (χ1v) is 11.2. The summed E-state index contributed by atoms with van der Waals surface area (Å²) in [6.45, 7) is 4.00. The molecule has 1 heterocycles. The van der Waals surface area contributed by atoms with E-state index >= 15 is 0 Å². The summed E-state index contributed by atoms with van der Waals surface area (Å²) in [4.78, 5) is 23.0. The molecule has 0 fully saturated rings. The van der Waals surface area contributed by atoms with Gasteiger partial charge in [0, 0.05) is 23.9 Å². The molecule has 0 saturated heterocycles. The number of carboxylic acids is 1. The number of hydrogen-bond acceptors (Lipinski definition) is 5. The molecule has 1 N–H and O–H groups in total. The number of fused-ring (bicyclic) bond motifs is 1. The topological polar surface area (TPSA) is 86.0 Å². The van der Waals surface area contributed by atoms with Gasteiger partial charge in [0.2, 0.25) is 0 Å². The standard InChI is InChI=1S/C25H24ClF3O6/c1-3-24(2,23(31)32)14-15-5-7-16(8-6-15)33-9-4-10-34-21-13-20-17(11-19(21)26)18(25(27,28)29)12-22(30)35-20/h5-8,11-13H,3-4,9-10,14H2,1-2H3,(H,31,32)/t24-/m0/s1. The van der Waals surface area contributed by atoms with Gasteiger partial charge in [0.15, 0.2) is 0 Å². The molecule has 0 aliphatic rings. The minimum Gasteiger partial charge on any atom is -0.493 e. The third kappa shape index (κ3) is 6.48. The van der Waals surface area contributed by atoms with Crippen LogP contribution in [0, 0.1) is 5.41 Å². The summed E-state index contributed by atoms with van der Waals surface area (Å²) in [5, 5.41) is 9.04. The fourth-order valence-corrected chi connectivity index (χ4v) is 3.66. The number of benzene rings is 2. The molecule has 0 spiro atoms. The van der Waals surface area contributed by atoms with Gasteiger partial charge in [-0.2, -0.15) is 13.2 Å². The Morgan fingerprint density at radius 2 is 1.74 bits per heavy atom. The second-order valence-electron chi connectivity index (χ2n) is 8.35. The summed E-state index contributed by atoms with van der Waals surface area (Å²) in [6, 6.07) is 9.76. The first kappa shape index (κ1) is 26.4. The van der Waals surface area contributed by atoms with Crippen LogP contribution >= 0.6 is 11.6 Å². The van der Waals surface area contributed by atoms with Gasteiger partial charge in [0.25, 0.3) is 0 Å². The van der Waals surface area contributed by atoms with E-state index < -0.39 is 28.7 Å². The number of ether oxygens (including phenoxy) is 2. The molecule has 0 bridgehead atoms. The van der Waals surface area contributed by atoms with E-state index in [0.29, 0.717) is 37.7 Å². The van der Waals surface area contributed by atoms with Crippen molar-refractivity contribution in [2.75, 3.05) is 13.2 Å². The van der Waals surface area contributed by atoms with Crippen LogP contribution in [0.2, 0.25) is 5.02 Å². The van der Waals surface area contributed by atoms with E-state index in [-0.39, 0.29) is 28.3 Å². The van der Waals surface area contributed by atoms with Gasteiger partial charge in [-0.25, -0.2) is 4.79 Å². The van der Waals surface area contributed by atoms with Crippen LogP contribution in [-0.4, -0.2) is 24.3 Å². The molecular weight excluding hydrogens is 489 g/mol. The largest absolute Gasteiger partial charge is 0.493 e. The molecule has 3 rings (SSSR count). The Labute approximate surface area is 204 Å². The van der Waals surface area contributed by atoms with Crippen molar-refractivity contribution in [2.45, 2.75) is 39.3 Å². The smallest absolute Gasteiger partial charge is 0.417 e. The normalized spacial score (nSPS) is 13.4. The fourth-order valence-electron chi connectivity index (χ4n) is 3.45. The third-order valence-electron chi connectivity index (χ3n) is 5.73. The molecule has 0 aliphatic carbocycles. The van der Waals surface area contributed by atoms with E-state index in [4.69, 9.17) is 25.5 Å². The van der Waals surface area contributed by atoms with Crippen molar-refractivity contribution in [3.63, 3.8) is 0 Å². The summed E-state index contributed by atoms with van der Waals surface area (Å²) in [7, 11) is 0. The van der Waals surface area contributed by atoms with E-state index in [0.717, 1.165) is 17.7 Å². The Kier molecular flexibility index (Phi) is 8.00. The lowest BCUT2D eigenvalue weighted by Crippen LogP contribution is -2.29. The van der Waals surface area contributed by atoms with Crippen LogP contribution in [0.1, 0.15) is 37.8 Å². The Hall–Kier alpha value is -3.20. The molecule has 1 aromatic heterocycles. The SMILES string of the molecule is CC[C@@](C)(Cc1ccc(OCCCOc2cc3oc(=O)cc(C(F)(F)F)c3cc2Cl)cc1)C(=O)O. The van der Waals surface area contributed by atoms with Crippen LogP contribution in [0.15, 0.2) is 51.7 Å². The highest BCUT2D eigenvalue weighted by Crippen LogP contribution is 2.37. The van der Waals surface area contributed by atoms with Crippen LogP contribution in [0.5, 0.6) is 11.5 Å². The molecule has 0 aliphatic heterocycles. The van der Waals surface area contributed by atoms with Crippen molar-refractivity contribution in [3.05, 3.63) is 69.0 Å². The number of alkyl halides is 3. The Bertz CT molecular complexity index is 1250. The van der Waals surface area contributed by atoms with Crippen molar-refractivity contribution in [2.24, 2.45) is 5.41 Å². The number of rotatable bonds is 10. The average molecular weight is 513 g/mol. The molecule has 2 aromatic carbocycles. The van der Waals surface area contributed by atoms with Crippen molar-refractivity contribution in [3.8, 4) is 11.5 Å². The fraction of sp³-hybridized carbons (Fsp3) is 0.360. The summed E-state index contributed by atoms with van der Waals surface area (Å²) >= 11 is 6.08. The predicted molar refractivity (Wildman–Crippen MR) is 124 cm³/mol. The molecule has 35 heavy (non-hydrogen) atoms. The van der Waals surface area contributed by atoms with Crippen LogP contribution in [0.25, 0.3) is 11.0 Å². The Morgan fingerprint density at radius 3 is 2.34 bits per heavy atom. The molecule has 0 radical (unpaired) electrons. The van der Waals surface area contributed by atoms with E-state index in [1.54, 1.807) is 19.1 Å². The van der Waals surface area contributed by atoms with E-state index in [1.807, 2.05) is 19.1 Å². The van der Waals surface area contributed by atoms with Crippen LogP contribution in [0.3, 0.4) is 0 Å². The second-order valence-corrected chi connectivity index (χ2v) is 8.75. The molecule has 1 atom stereocenters. The first-order valence-electron chi connectivity index (χ1n) is 10.9. The second kappa shape index (κ2) is 10.6. The Morgan fingerprint density at radius 1 is 1.09 bits per heavy atom. The first-order chi connectivity index (χ1) is 16.4. The monoisotopic (exact) mass is 512 g/mol. The molecule has 10 heteroatoms. The molecule has 0 unspecified atom stereocenters. The highest BCUT2D eigenvalue weighted by atomic mass is 35.5. The molecule has 6 nitrogen and oxygen atoms in total. The van der Waals surface area contributed by atoms with Crippen LogP contribution in [-0.2, 0) is 17.4 Å². The van der Waals surface area contributed by atoms with Crippen molar-refractivity contribution >= 4 is 28.5 Å². The van der Waals surface area contributed by atoms with Gasteiger partial charge >= 0.3 is 17.8 Å². The van der Waals surface area contributed by atoms with Gasteiger partial charge in [0.05, 0.1) is 29.2 Å². The molecule has 3 aromatic rings. The van der Waals surface area contributed by atoms with Crippen molar-refractivity contribution in [1.29, 1.82) is 0 Å². The van der Waals surface area contributed by atoms with Gasteiger partial charge in [-0.1, -0.05) is 30.7 Å². The highest BCUT2D eigenvalue weighted by molar-refractivity contribution is 6.32. The zero-order valence-corrected chi connectivity index (χ0v) is 19.8. The lowest BCUT2D eigenvalue weighted by molar-refractivity contribution is -0.148. The van der Waals surface area contributed by atoms with Gasteiger partial charge in [0.1, 0.15) is 17.1 Å². The highest BCUT2D eigenvalue weighted by Gasteiger charge is 2.34. The average Bonchev–Trinajstić information content (AvgIpc) is 2.79. The summed E-state index contributed by atoms with van der Waals surface area (Å²) in [5.74, 6) is -0.148. The van der Waals surface area contributed by atoms with Gasteiger partial charge in [-0.3, -0.25) is 4.79 Å². The van der Waals surface area contributed by atoms with Crippen LogP contribution < -0.4 is 15.1 Å². The number of hydrogen-bond donors (Lipinski definition) is 1. The number of carbonyl (C=O) groups is 1. The maximum atomic E-state index is 13.2. The number of carboxylic acid groups (broad SMARTS) is 1.